The smallest absolute Gasteiger partial charge is 0.101 e. The first-order valence-electron chi connectivity index (χ1n) is 19.9. The molecule has 0 amide bonds. The van der Waals surface area contributed by atoms with Crippen molar-refractivity contribution in [2.75, 3.05) is 0 Å². The predicted octanol–water partition coefficient (Wildman–Crippen LogP) is 14.7. The zero-order valence-electron chi connectivity index (χ0n) is 33.3. The van der Waals surface area contributed by atoms with Gasteiger partial charge in [0.15, 0.2) is 0 Å². The lowest BCUT2D eigenvalue weighted by Gasteiger charge is -2.17. The van der Waals surface area contributed by atoms with E-state index in [1.165, 1.54) is 60.8 Å². The summed E-state index contributed by atoms with van der Waals surface area (Å²) in [7, 11) is 2.73. The molecule has 0 aliphatic heterocycles. The standard InChI is InChI=1S/C48H39N2P.C7H8/c1-33-15-9-10-23-40(33)47-34(2)16-13-25-41(47)37-27-28-46-43(32-37)42-24-11-12-26-45(42)50(46)39-22-14-21-38(31-39)44(29-30-51)49-48(35-17-5-3-6-18-35)36-19-7-4-8-20-36;1-7-5-3-2-4-6-7/h3-32,48H,51H2,1-2H3;2-6H,1H3/b30-29-,49-44?;. The number of para-hydroxylation sites is 1. The van der Waals surface area contributed by atoms with E-state index in [2.05, 4.69) is 223 Å². The number of aromatic nitrogens is 1. The fourth-order valence-corrected chi connectivity index (χ4v) is 8.12. The van der Waals surface area contributed by atoms with Gasteiger partial charge in [-0.2, -0.15) is 0 Å². The van der Waals surface area contributed by atoms with Crippen LogP contribution in [0.3, 0.4) is 0 Å². The molecule has 3 heteroatoms. The first kappa shape index (κ1) is 38.3. The molecule has 0 aliphatic carbocycles. The largest absolute Gasteiger partial charge is 0.309 e. The Morgan fingerprint density at radius 3 is 1.78 bits per heavy atom. The van der Waals surface area contributed by atoms with Gasteiger partial charge in [0, 0.05) is 22.0 Å². The van der Waals surface area contributed by atoms with Crippen LogP contribution in [0, 0.1) is 20.8 Å². The van der Waals surface area contributed by atoms with Gasteiger partial charge in [0.1, 0.15) is 6.04 Å². The highest BCUT2D eigenvalue weighted by Gasteiger charge is 2.18. The Hall–Kier alpha value is -6.60. The fraction of sp³-hybridized carbons (Fsp3) is 0.0727. The van der Waals surface area contributed by atoms with Crippen LogP contribution < -0.4 is 0 Å². The van der Waals surface area contributed by atoms with E-state index in [0.29, 0.717) is 0 Å². The van der Waals surface area contributed by atoms with Gasteiger partial charge < -0.3 is 4.57 Å². The molecule has 1 heterocycles. The van der Waals surface area contributed by atoms with Crippen molar-refractivity contribution in [3.05, 3.63) is 245 Å². The van der Waals surface area contributed by atoms with Crippen molar-refractivity contribution in [3.8, 4) is 27.9 Å². The van der Waals surface area contributed by atoms with Crippen LogP contribution in [0.2, 0.25) is 0 Å². The van der Waals surface area contributed by atoms with Gasteiger partial charge in [-0.25, -0.2) is 0 Å². The topological polar surface area (TPSA) is 17.3 Å². The summed E-state index contributed by atoms with van der Waals surface area (Å²) < 4.78 is 2.39. The fourth-order valence-electron chi connectivity index (χ4n) is 7.93. The molecule has 8 aromatic carbocycles. The van der Waals surface area contributed by atoms with Crippen LogP contribution in [-0.4, -0.2) is 10.3 Å². The normalized spacial score (nSPS) is 11.6. The van der Waals surface area contributed by atoms with Gasteiger partial charge in [-0.3, -0.25) is 4.99 Å². The van der Waals surface area contributed by atoms with E-state index in [1.54, 1.807) is 0 Å². The van der Waals surface area contributed by atoms with Crippen LogP contribution in [0.4, 0.5) is 0 Å². The average molecular weight is 767 g/mol. The number of hydrogen-bond acceptors (Lipinski definition) is 1. The quantitative estimate of drug-likeness (QED) is 0.108. The van der Waals surface area contributed by atoms with Gasteiger partial charge >= 0.3 is 0 Å². The van der Waals surface area contributed by atoms with E-state index in [1.807, 2.05) is 24.0 Å². The minimum absolute atomic E-state index is 0.134. The third-order valence-electron chi connectivity index (χ3n) is 10.8. The lowest BCUT2D eigenvalue weighted by molar-refractivity contribution is 0.874. The molecule has 58 heavy (non-hydrogen) atoms. The Bertz CT molecular complexity index is 2830. The lowest BCUT2D eigenvalue weighted by Crippen LogP contribution is -2.05. The highest BCUT2D eigenvalue weighted by Crippen LogP contribution is 2.40. The zero-order valence-corrected chi connectivity index (χ0v) is 34.4. The molecule has 1 atom stereocenters. The summed E-state index contributed by atoms with van der Waals surface area (Å²) in [5.41, 5.74) is 16.7. The van der Waals surface area contributed by atoms with E-state index < -0.39 is 0 Å². The van der Waals surface area contributed by atoms with Crippen molar-refractivity contribution in [2.45, 2.75) is 26.8 Å². The summed E-state index contributed by atoms with van der Waals surface area (Å²) in [5.74, 6) is 2.00. The van der Waals surface area contributed by atoms with E-state index in [4.69, 9.17) is 4.99 Å². The second-order valence-corrected chi connectivity index (χ2v) is 15.1. The maximum absolute atomic E-state index is 5.42. The van der Waals surface area contributed by atoms with Crippen molar-refractivity contribution < 1.29 is 0 Å². The Kier molecular flexibility index (Phi) is 11.7. The molecule has 0 radical (unpaired) electrons. The highest BCUT2D eigenvalue weighted by molar-refractivity contribution is 7.20. The van der Waals surface area contributed by atoms with Crippen LogP contribution in [0.25, 0.3) is 49.7 Å². The summed E-state index contributed by atoms with van der Waals surface area (Å²) in [6.07, 6.45) is 2.09. The SMILES string of the molecule is Cc1ccccc1.Cc1ccccc1-c1c(C)cccc1-c1ccc2c(c1)c1ccccc1n2-c1cccc(C(/C=C\P)=NC(c2ccccc2)c2ccccc2)c1. The minimum Gasteiger partial charge on any atom is -0.309 e. The van der Waals surface area contributed by atoms with Gasteiger partial charge in [0.05, 0.1) is 16.7 Å². The lowest BCUT2D eigenvalue weighted by atomic mass is 9.88. The molecule has 2 nitrogen and oxygen atoms in total. The Labute approximate surface area is 345 Å². The number of benzene rings is 8. The Balaban J connectivity index is 0.000000608. The van der Waals surface area contributed by atoms with Crippen LogP contribution in [0.1, 0.15) is 39.4 Å². The Morgan fingerprint density at radius 1 is 0.517 bits per heavy atom. The number of nitrogens with zero attached hydrogens (tertiary/aromatic N) is 2. The molecule has 9 rings (SSSR count). The monoisotopic (exact) mass is 766 g/mol. The average Bonchev–Trinajstić information content (AvgIpc) is 3.60. The summed E-state index contributed by atoms with van der Waals surface area (Å²) in [4.78, 5) is 5.42. The number of aliphatic imine (C=N–C) groups is 1. The predicted molar refractivity (Wildman–Crippen MR) is 252 cm³/mol. The maximum Gasteiger partial charge on any atom is 0.101 e. The van der Waals surface area contributed by atoms with Crippen LogP contribution in [0.15, 0.2) is 217 Å². The number of rotatable bonds is 8. The van der Waals surface area contributed by atoms with Gasteiger partial charge in [0.2, 0.25) is 0 Å². The second-order valence-electron chi connectivity index (χ2n) is 14.7. The summed E-state index contributed by atoms with van der Waals surface area (Å²) >= 11 is 0. The zero-order chi connectivity index (χ0) is 39.8. The minimum atomic E-state index is -0.134. The molecule has 0 fully saturated rings. The van der Waals surface area contributed by atoms with Crippen LogP contribution >= 0.6 is 9.24 Å². The van der Waals surface area contributed by atoms with Gasteiger partial charge in [-0.15, -0.1) is 9.24 Å². The van der Waals surface area contributed by atoms with E-state index >= 15 is 0 Å². The molecule has 9 aromatic rings. The molecule has 0 spiro atoms. The third kappa shape index (κ3) is 8.12. The number of fused-ring (bicyclic) bond motifs is 3. The van der Waals surface area contributed by atoms with Gasteiger partial charge in [-0.1, -0.05) is 181 Å². The van der Waals surface area contributed by atoms with E-state index in [9.17, 15) is 0 Å². The molecule has 0 bridgehead atoms. The van der Waals surface area contributed by atoms with Crippen LogP contribution in [0.5, 0.6) is 0 Å². The van der Waals surface area contributed by atoms with Crippen molar-refractivity contribution in [3.63, 3.8) is 0 Å². The van der Waals surface area contributed by atoms with Gasteiger partial charge in [0.25, 0.3) is 0 Å². The van der Waals surface area contributed by atoms with Crippen molar-refractivity contribution >= 4 is 36.8 Å². The Morgan fingerprint density at radius 2 is 1.10 bits per heavy atom. The summed E-state index contributed by atoms with van der Waals surface area (Å²) in [5, 5.41) is 2.47. The molecule has 1 aromatic heterocycles. The van der Waals surface area contributed by atoms with E-state index in [0.717, 1.165) is 28.1 Å². The maximum atomic E-state index is 5.42. The molecule has 282 valence electrons. The van der Waals surface area contributed by atoms with E-state index in [-0.39, 0.29) is 6.04 Å². The van der Waals surface area contributed by atoms with Gasteiger partial charge in [-0.05, 0) is 102 Å². The highest BCUT2D eigenvalue weighted by atomic mass is 31.0. The summed E-state index contributed by atoms with van der Waals surface area (Å²) in [6, 6.07) is 71.0. The second kappa shape index (κ2) is 17.7. The molecule has 0 aliphatic rings. The number of hydrogen-bond donors (Lipinski definition) is 0. The molecular formula is C55H47N2P. The van der Waals surface area contributed by atoms with Crippen molar-refractivity contribution in [1.82, 2.24) is 4.57 Å². The summed E-state index contributed by atoms with van der Waals surface area (Å²) in [6.45, 7) is 6.50. The molecule has 0 saturated heterocycles. The first-order chi connectivity index (χ1) is 28.5. The first-order valence-corrected chi connectivity index (χ1v) is 20.5. The third-order valence-corrected chi connectivity index (χ3v) is 11.0. The van der Waals surface area contributed by atoms with Crippen molar-refractivity contribution in [2.24, 2.45) is 4.99 Å². The molecule has 0 saturated carbocycles. The number of allylic oxidation sites excluding steroid dienone is 1. The van der Waals surface area contributed by atoms with Crippen LogP contribution in [-0.2, 0) is 0 Å². The number of aryl methyl sites for hydroxylation is 3. The molecule has 0 N–H and O–H groups in total. The molecule has 1 unspecified atom stereocenters. The molecular weight excluding hydrogens is 720 g/mol. The van der Waals surface area contributed by atoms with Crippen molar-refractivity contribution in [1.29, 1.82) is 0 Å².